The van der Waals surface area contributed by atoms with Gasteiger partial charge in [0.2, 0.25) is 0 Å². The van der Waals surface area contributed by atoms with Crippen LogP contribution in [0.15, 0.2) is 48.5 Å². The van der Waals surface area contributed by atoms with Crippen molar-refractivity contribution in [3.8, 4) is 0 Å². The van der Waals surface area contributed by atoms with Crippen LogP contribution in [0.3, 0.4) is 0 Å². The third-order valence-electron chi connectivity index (χ3n) is 4.68. The van der Waals surface area contributed by atoms with E-state index in [-0.39, 0.29) is 24.0 Å². The van der Waals surface area contributed by atoms with E-state index >= 15 is 0 Å². The Morgan fingerprint density at radius 3 is 2.54 bits per heavy atom. The highest BCUT2D eigenvalue weighted by molar-refractivity contribution is 5.99. The van der Waals surface area contributed by atoms with E-state index in [4.69, 9.17) is 4.74 Å². The Bertz CT molecular complexity index is 833. The lowest BCUT2D eigenvalue weighted by molar-refractivity contribution is 0.0721. The number of anilines is 1. The average molecular weight is 381 g/mol. The lowest BCUT2D eigenvalue weighted by Gasteiger charge is -2.27. The molecule has 0 saturated carbocycles. The van der Waals surface area contributed by atoms with Crippen LogP contribution in [0.25, 0.3) is 0 Å². The zero-order valence-corrected chi connectivity index (χ0v) is 16.6. The van der Waals surface area contributed by atoms with Crippen LogP contribution < -0.4 is 10.6 Å². The molecule has 6 nitrogen and oxygen atoms in total. The Kier molecular flexibility index (Phi) is 6.31. The highest BCUT2D eigenvalue weighted by Gasteiger charge is 2.35. The van der Waals surface area contributed by atoms with Crippen molar-refractivity contribution in [3.05, 3.63) is 65.2 Å². The molecule has 1 aliphatic heterocycles. The molecule has 3 rings (SSSR count). The summed E-state index contributed by atoms with van der Waals surface area (Å²) in [7, 11) is 1.66. The molecular weight excluding hydrogens is 354 g/mol. The molecule has 2 N–H and O–H groups in total. The van der Waals surface area contributed by atoms with Crippen LogP contribution in [0.5, 0.6) is 0 Å². The van der Waals surface area contributed by atoms with Gasteiger partial charge in [-0.25, -0.2) is 0 Å². The average Bonchev–Trinajstić information content (AvgIpc) is 2.94. The van der Waals surface area contributed by atoms with Crippen molar-refractivity contribution in [3.63, 3.8) is 0 Å². The summed E-state index contributed by atoms with van der Waals surface area (Å²) in [5.41, 5.74) is 3.16. The highest BCUT2D eigenvalue weighted by atomic mass is 16.5. The fraction of sp³-hybridized carbons (Fsp3) is 0.364. The van der Waals surface area contributed by atoms with Gasteiger partial charge in [0.15, 0.2) is 0 Å². The molecule has 2 amide bonds. The standard InChI is InChI=1S/C22H27N3O3/c1-15(2)23-21(26)16-9-11-17(12-10-16)24-20-18-7-4-5-8-19(18)22(27)25(20)13-6-14-28-3/h4-5,7-12,15,20,24H,6,13-14H2,1-3H3,(H,23,26)/t20-/m0/s1. The molecule has 0 saturated heterocycles. The summed E-state index contributed by atoms with van der Waals surface area (Å²) in [6, 6.07) is 15.1. The molecular formula is C22H27N3O3. The number of hydrogen-bond acceptors (Lipinski definition) is 4. The summed E-state index contributed by atoms with van der Waals surface area (Å²) in [6.07, 6.45) is 0.527. The lowest BCUT2D eigenvalue weighted by Crippen LogP contribution is -2.33. The molecule has 0 aliphatic carbocycles. The van der Waals surface area contributed by atoms with E-state index in [9.17, 15) is 9.59 Å². The van der Waals surface area contributed by atoms with Gasteiger partial charge in [-0.2, -0.15) is 0 Å². The molecule has 2 aromatic rings. The van der Waals surface area contributed by atoms with E-state index in [0.29, 0.717) is 18.7 Å². The lowest BCUT2D eigenvalue weighted by atomic mass is 10.1. The number of ether oxygens (including phenoxy) is 1. The molecule has 1 aliphatic rings. The predicted molar refractivity (Wildman–Crippen MR) is 109 cm³/mol. The molecule has 1 atom stereocenters. The van der Waals surface area contributed by atoms with Crippen molar-refractivity contribution in [2.24, 2.45) is 0 Å². The van der Waals surface area contributed by atoms with Gasteiger partial charge in [-0.15, -0.1) is 0 Å². The van der Waals surface area contributed by atoms with E-state index in [1.807, 2.05) is 55.1 Å². The normalized spacial score (nSPS) is 15.6. The molecule has 0 unspecified atom stereocenters. The fourth-order valence-electron chi connectivity index (χ4n) is 3.36. The first kappa shape index (κ1) is 19.9. The van der Waals surface area contributed by atoms with Crippen LogP contribution in [-0.2, 0) is 4.74 Å². The molecule has 0 aromatic heterocycles. The maximum atomic E-state index is 12.8. The number of carbonyl (C=O) groups excluding carboxylic acids is 2. The van der Waals surface area contributed by atoms with Crippen molar-refractivity contribution in [1.82, 2.24) is 10.2 Å². The van der Waals surface area contributed by atoms with Crippen molar-refractivity contribution in [2.75, 3.05) is 25.6 Å². The zero-order chi connectivity index (χ0) is 20.1. The van der Waals surface area contributed by atoms with E-state index in [0.717, 1.165) is 23.2 Å². The molecule has 1 heterocycles. The second-order valence-electron chi connectivity index (χ2n) is 7.18. The number of methoxy groups -OCH3 is 1. The number of benzene rings is 2. The summed E-state index contributed by atoms with van der Waals surface area (Å²) in [6.45, 7) is 5.07. The second kappa shape index (κ2) is 8.89. The molecule has 2 aromatic carbocycles. The fourth-order valence-corrected chi connectivity index (χ4v) is 3.36. The van der Waals surface area contributed by atoms with Gasteiger partial charge in [0, 0.05) is 48.7 Å². The van der Waals surface area contributed by atoms with Crippen LogP contribution in [0.2, 0.25) is 0 Å². The third kappa shape index (κ3) is 4.34. The first-order valence-electron chi connectivity index (χ1n) is 9.57. The summed E-state index contributed by atoms with van der Waals surface area (Å²) >= 11 is 0. The number of rotatable bonds is 8. The molecule has 0 bridgehead atoms. The van der Waals surface area contributed by atoms with Crippen LogP contribution in [0.4, 0.5) is 5.69 Å². The summed E-state index contributed by atoms with van der Waals surface area (Å²) in [5.74, 6) is -0.0683. The summed E-state index contributed by atoms with van der Waals surface area (Å²) in [5, 5.41) is 6.33. The van der Waals surface area contributed by atoms with E-state index in [1.165, 1.54) is 0 Å². The number of fused-ring (bicyclic) bond motifs is 1. The minimum Gasteiger partial charge on any atom is -0.385 e. The largest absolute Gasteiger partial charge is 0.385 e. The Morgan fingerprint density at radius 2 is 1.86 bits per heavy atom. The van der Waals surface area contributed by atoms with E-state index in [1.54, 1.807) is 19.2 Å². The van der Waals surface area contributed by atoms with Crippen molar-refractivity contribution in [2.45, 2.75) is 32.5 Å². The molecule has 0 spiro atoms. The maximum absolute atomic E-state index is 12.8. The first-order valence-corrected chi connectivity index (χ1v) is 9.57. The first-order chi connectivity index (χ1) is 13.5. The van der Waals surface area contributed by atoms with Gasteiger partial charge in [-0.05, 0) is 50.6 Å². The van der Waals surface area contributed by atoms with Gasteiger partial charge in [0.25, 0.3) is 11.8 Å². The van der Waals surface area contributed by atoms with Crippen molar-refractivity contribution in [1.29, 1.82) is 0 Å². The predicted octanol–water partition coefficient (Wildman–Crippen LogP) is 3.43. The van der Waals surface area contributed by atoms with E-state index < -0.39 is 0 Å². The molecule has 28 heavy (non-hydrogen) atoms. The van der Waals surface area contributed by atoms with Gasteiger partial charge < -0.3 is 20.3 Å². The van der Waals surface area contributed by atoms with Crippen molar-refractivity contribution >= 4 is 17.5 Å². The van der Waals surface area contributed by atoms with Crippen LogP contribution in [0.1, 0.15) is 52.7 Å². The van der Waals surface area contributed by atoms with Gasteiger partial charge in [0.1, 0.15) is 6.17 Å². The summed E-state index contributed by atoms with van der Waals surface area (Å²) in [4.78, 5) is 26.8. The molecule has 6 heteroatoms. The van der Waals surface area contributed by atoms with Gasteiger partial charge in [-0.3, -0.25) is 9.59 Å². The molecule has 0 fully saturated rings. The van der Waals surface area contributed by atoms with Crippen LogP contribution >= 0.6 is 0 Å². The Balaban J connectivity index is 1.78. The highest BCUT2D eigenvalue weighted by Crippen LogP contribution is 2.34. The molecule has 148 valence electrons. The Labute approximate surface area is 165 Å². The van der Waals surface area contributed by atoms with Crippen LogP contribution in [-0.4, -0.2) is 43.0 Å². The third-order valence-corrected chi connectivity index (χ3v) is 4.68. The number of carbonyl (C=O) groups is 2. The van der Waals surface area contributed by atoms with Gasteiger partial charge in [-0.1, -0.05) is 18.2 Å². The quantitative estimate of drug-likeness (QED) is 0.688. The molecule has 0 radical (unpaired) electrons. The van der Waals surface area contributed by atoms with Crippen molar-refractivity contribution < 1.29 is 14.3 Å². The number of nitrogens with one attached hydrogen (secondary N) is 2. The zero-order valence-electron chi connectivity index (χ0n) is 16.6. The minimum absolute atomic E-state index is 0.0251. The minimum atomic E-state index is -0.240. The Morgan fingerprint density at radius 1 is 1.14 bits per heavy atom. The van der Waals surface area contributed by atoms with Crippen LogP contribution in [0, 0.1) is 0 Å². The summed E-state index contributed by atoms with van der Waals surface area (Å²) < 4.78 is 5.13. The smallest absolute Gasteiger partial charge is 0.256 e. The number of nitrogens with zero attached hydrogens (tertiary/aromatic N) is 1. The second-order valence-corrected chi connectivity index (χ2v) is 7.18. The monoisotopic (exact) mass is 381 g/mol. The van der Waals surface area contributed by atoms with Gasteiger partial charge in [0.05, 0.1) is 0 Å². The van der Waals surface area contributed by atoms with E-state index in [2.05, 4.69) is 10.6 Å². The Hall–Kier alpha value is -2.86. The number of hydrogen-bond donors (Lipinski definition) is 2. The SMILES string of the molecule is COCCCN1C(=O)c2ccccc2[C@H]1Nc1ccc(C(=O)NC(C)C)cc1. The van der Waals surface area contributed by atoms with Gasteiger partial charge >= 0.3 is 0 Å². The number of amides is 2. The topological polar surface area (TPSA) is 70.7 Å². The maximum Gasteiger partial charge on any atom is 0.256 e.